The second-order valence-corrected chi connectivity index (χ2v) is 7.43. The van der Waals surface area contributed by atoms with E-state index >= 15 is 0 Å². The molecule has 1 unspecified atom stereocenters. The van der Waals surface area contributed by atoms with Crippen molar-refractivity contribution in [1.29, 1.82) is 0 Å². The fourth-order valence-electron chi connectivity index (χ4n) is 2.39. The Balaban J connectivity index is 2.18. The largest absolute Gasteiger partial charge is 0.370 e. The molecule has 1 aromatic carbocycles. The molecule has 0 aliphatic heterocycles. The number of likely N-dealkylation sites (N-methyl/N-ethyl adjacent to an activating group) is 1. The van der Waals surface area contributed by atoms with Gasteiger partial charge in [0, 0.05) is 25.3 Å². The van der Waals surface area contributed by atoms with Crippen LogP contribution in [0.2, 0.25) is 0 Å². The fraction of sp³-hybridized carbons (Fsp3) is 0.571. The molecular weight excluding hydrogens is 260 g/mol. The second-order valence-electron chi connectivity index (χ2n) is 5.15. The van der Waals surface area contributed by atoms with Crippen molar-refractivity contribution in [3.05, 3.63) is 24.3 Å². The molecule has 1 aliphatic rings. The van der Waals surface area contributed by atoms with Crippen LogP contribution in [0.5, 0.6) is 0 Å². The number of nitrogens with zero attached hydrogens (tertiary/aromatic N) is 1. The van der Waals surface area contributed by atoms with Crippen molar-refractivity contribution in [3.8, 4) is 0 Å². The Morgan fingerprint density at radius 1 is 1.32 bits per heavy atom. The quantitative estimate of drug-likeness (QED) is 0.862. The molecular formula is C14H22N2O2S. The van der Waals surface area contributed by atoms with E-state index in [1.165, 1.54) is 12.8 Å². The summed E-state index contributed by atoms with van der Waals surface area (Å²) in [7, 11) is -1.09. The molecule has 0 radical (unpaired) electrons. The van der Waals surface area contributed by atoms with Crippen LogP contribution in [-0.2, 0) is 9.84 Å². The van der Waals surface area contributed by atoms with Crippen molar-refractivity contribution < 1.29 is 8.42 Å². The van der Waals surface area contributed by atoms with Crippen LogP contribution in [0, 0.1) is 5.92 Å². The molecule has 4 nitrogen and oxygen atoms in total. The summed E-state index contributed by atoms with van der Waals surface area (Å²) < 4.78 is 23.5. The molecule has 1 aliphatic carbocycles. The molecule has 1 aromatic rings. The van der Waals surface area contributed by atoms with Crippen LogP contribution in [0.4, 0.5) is 5.69 Å². The lowest BCUT2D eigenvalue weighted by Crippen LogP contribution is -2.39. The van der Waals surface area contributed by atoms with Gasteiger partial charge < -0.3 is 10.6 Å². The number of hydrogen-bond donors (Lipinski definition) is 1. The molecule has 0 aromatic heterocycles. The normalized spacial score (nSPS) is 17.2. The summed E-state index contributed by atoms with van der Waals surface area (Å²) in [6.07, 6.45) is 2.49. The van der Waals surface area contributed by atoms with Crippen LogP contribution in [0.25, 0.3) is 0 Å². The fourth-order valence-corrected chi connectivity index (χ4v) is 3.28. The Morgan fingerprint density at radius 2 is 1.89 bits per heavy atom. The monoisotopic (exact) mass is 282 g/mol. The van der Waals surface area contributed by atoms with Crippen molar-refractivity contribution in [2.45, 2.75) is 30.7 Å². The maximum atomic E-state index is 11.8. The highest BCUT2D eigenvalue weighted by Crippen LogP contribution is 2.36. The molecule has 5 heteroatoms. The maximum absolute atomic E-state index is 11.8. The zero-order valence-electron chi connectivity index (χ0n) is 11.5. The molecule has 2 rings (SSSR count). The van der Waals surface area contributed by atoms with Crippen LogP contribution < -0.4 is 10.6 Å². The van der Waals surface area contributed by atoms with Gasteiger partial charge in [-0.2, -0.15) is 0 Å². The Labute approximate surface area is 115 Å². The van der Waals surface area contributed by atoms with Crippen molar-refractivity contribution in [2.24, 2.45) is 11.7 Å². The summed E-state index contributed by atoms with van der Waals surface area (Å²) in [6.45, 7) is 2.29. The number of sulfone groups is 1. The van der Waals surface area contributed by atoms with E-state index in [1.54, 1.807) is 19.1 Å². The lowest BCUT2D eigenvalue weighted by Gasteiger charge is -2.29. The summed E-state index contributed by atoms with van der Waals surface area (Å²) in [4.78, 5) is 2.56. The number of nitrogens with two attached hydrogens (primary N) is 1. The van der Waals surface area contributed by atoms with Crippen LogP contribution in [0.3, 0.4) is 0 Å². The van der Waals surface area contributed by atoms with E-state index in [-0.39, 0.29) is 5.75 Å². The lowest BCUT2D eigenvalue weighted by atomic mass is 10.1. The molecule has 1 atom stereocenters. The SMILES string of the molecule is CCS(=O)(=O)c1ccc(N(C)C(CN)C2CC2)cc1. The first-order valence-electron chi connectivity index (χ1n) is 6.75. The van der Waals surface area contributed by atoms with Gasteiger partial charge in [-0.15, -0.1) is 0 Å². The molecule has 0 heterocycles. The van der Waals surface area contributed by atoms with E-state index in [0.717, 1.165) is 5.69 Å². The molecule has 1 saturated carbocycles. The zero-order chi connectivity index (χ0) is 14.0. The summed E-state index contributed by atoms with van der Waals surface area (Å²) in [6, 6.07) is 7.46. The number of rotatable bonds is 6. The smallest absolute Gasteiger partial charge is 0.178 e. The Hall–Kier alpha value is -1.07. The number of benzene rings is 1. The summed E-state index contributed by atoms with van der Waals surface area (Å²) in [5, 5.41) is 0. The van der Waals surface area contributed by atoms with Gasteiger partial charge >= 0.3 is 0 Å². The van der Waals surface area contributed by atoms with Gasteiger partial charge in [0.1, 0.15) is 0 Å². The van der Waals surface area contributed by atoms with Crippen LogP contribution >= 0.6 is 0 Å². The Bertz CT molecular complexity index is 521. The summed E-state index contributed by atoms with van der Waals surface area (Å²) in [5.74, 6) is 0.824. The van der Waals surface area contributed by atoms with Crippen LogP contribution in [-0.4, -0.2) is 33.8 Å². The third-order valence-corrected chi connectivity index (χ3v) is 5.64. The zero-order valence-corrected chi connectivity index (χ0v) is 12.4. The minimum Gasteiger partial charge on any atom is -0.370 e. The average Bonchev–Trinajstić information content (AvgIpc) is 3.24. The third-order valence-electron chi connectivity index (χ3n) is 3.89. The third kappa shape index (κ3) is 3.09. The van der Waals surface area contributed by atoms with Gasteiger partial charge in [0.15, 0.2) is 9.84 Å². The molecule has 1 fully saturated rings. The molecule has 19 heavy (non-hydrogen) atoms. The first-order valence-corrected chi connectivity index (χ1v) is 8.40. The predicted octanol–water partition coefficient (Wildman–Crippen LogP) is 1.65. The van der Waals surface area contributed by atoms with Crippen molar-refractivity contribution in [2.75, 3.05) is 24.2 Å². The second kappa shape index (κ2) is 5.51. The minimum absolute atomic E-state index is 0.135. The highest BCUT2D eigenvalue weighted by Gasteiger charge is 2.33. The summed E-state index contributed by atoms with van der Waals surface area (Å²) in [5.41, 5.74) is 6.86. The molecule has 0 spiro atoms. The molecule has 0 bridgehead atoms. The Morgan fingerprint density at radius 3 is 2.32 bits per heavy atom. The van der Waals surface area contributed by atoms with E-state index < -0.39 is 9.84 Å². The molecule has 2 N–H and O–H groups in total. The molecule has 0 amide bonds. The first-order chi connectivity index (χ1) is 8.99. The van der Waals surface area contributed by atoms with E-state index in [9.17, 15) is 8.42 Å². The highest BCUT2D eigenvalue weighted by atomic mass is 32.2. The van der Waals surface area contributed by atoms with E-state index in [4.69, 9.17) is 5.73 Å². The van der Waals surface area contributed by atoms with Crippen LogP contribution in [0.15, 0.2) is 29.2 Å². The van der Waals surface area contributed by atoms with Gasteiger partial charge in [-0.25, -0.2) is 8.42 Å². The number of hydrogen-bond acceptors (Lipinski definition) is 4. The topological polar surface area (TPSA) is 63.4 Å². The van der Waals surface area contributed by atoms with E-state index in [2.05, 4.69) is 4.90 Å². The lowest BCUT2D eigenvalue weighted by molar-refractivity contribution is 0.570. The van der Waals surface area contributed by atoms with Gasteiger partial charge in [-0.3, -0.25) is 0 Å². The van der Waals surface area contributed by atoms with Gasteiger partial charge in [0.05, 0.1) is 10.6 Å². The average molecular weight is 282 g/mol. The van der Waals surface area contributed by atoms with Gasteiger partial charge in [-0.1, -0.05) is 6.92 Å². The van der Waals surface area contributed by atoms with Gasteiger partial charge in [0.25, 0.3) is 0 Å². The van der Waals surface area contributed by atoms with Crippen LogP contribution in [0.1, 0.15) is 19.8 Å². The van der Waals surface area contributed by atoms with Crippen molar-refractivity contribution in [1.82, 2.24) is 0 Å². The minimum atomic E-state index is -3.11. The maximum Gasteiger partial charge on any atom is 0.178 e. The number of anilines is 1. The summed E-state index contributed by atoms with van der Waals surface area (Å²) >= 11 is 0. The van der Waals surface area contributed by atoms with Crippen molar-refractivity contribution in [3.63, 3.8) is 0 Å². The van der Waals surface area contributed by atoms with E-state index in [1.807, 2.05) is 19.2 Å². The molecule has 106 valence electrons. The standard InChI is InChI=1S/C14H22N2O2S/c1-3-19(17,18)13-8-6-12(7-9-13)16(2)14(10-15)11-4-5-11/h6-9,11,14H,3-5,10,15H2,1-2H3. The predicted molar refractivity (Wildman–Crippen MR) is 78.1 cm³/mol. The first kappa shape index (κ1) is 14.3. The molecule has 0 saturated heterocycles. The van der Waals surface area contributed by atoms with Crippen molar-refractivity contribution >= 4 is 15.5 Å². The Kier molecular flexibility index (Phi) is 4.16. The van der Waals surface area contributed by atoms with Gasteiger partial charge in [0.2, 0.25) is 0 Å². The van der Waals surface area contributed by atoms with Gasteiger partial charge in [-0.05, 0) is 43.0 Å². The van der Waals surface area contributed by atoms with E-state index in [0.29, 0.717) is 23.4 Å². The highest BCUT2D eigenvalue weighted by molar-refractivity contribution is 7.91.